The lowest BCUT2D eigenvalue weighted by atomic mass is 9.41. The van der Waals surface area contributed by atoms with E-state index in [0.717, 1.165) is 18.2 Å². The van der Waals surface area contributed by atoms with Gasteiger partial charge in [0.2, 0.25) is 0 Å². The Morgan fingerprint density at radius 2 is 1.72 bits per heavy atom. The molecule has 3 aromatic rings. The lowest BCUT2D eigenvalue weighted by Crippen LogP contribution is -2.38. The van der Waals surface area contributed by atoms with Crippen LogP contribution in [-0.4, -0.2) is 46.5 Å². The number of nitrogens with zero attached hydrogens (tertiary/aromatic N) is 3. The van der Waals surface area contributed by atoms with Crippen LogP contribution in [0, 0.1) is 29.1 Å². The van der Waals surface area contributed by atoms with E-state index in [0.29, 0.717) is 46.5 Å². The highest BCUT2D eigenvalue weighted by Crippen LogP contribution is 2.52. The van der Waals surface area contributed by atoms with E-state index >= 15 is 0 Å². The summed E-state index contributed by atoms with van der Waals surface area (Å²) in [6.07, 6.45) is 4.84. The Labute approximate surface area is 285 Å². The molecule has 2 heterocycles. The van der Waals surface area contributed by atoms with Gasteiger partial charge in [-0.15, -0.1) is 0 Å². The predicted molar refractivity (Wildman–Crippen MR) is 187 cm³/mol. The first-order valence-corrected chi connectivity index (χ1v) is 16.5. The number of benzene rings is 2. The maximum absolute atomic E-state index is 13.0. The summed E-state index contributed by atoms with van der Waals surface area (Å²) >= 11 is 6.80. The van der Waals surface area contributed by atoms with Crippen molar-refractivity contribution in [2.75, 3.05) is 13.2 Å². The molecule has 0 saturated carbocycles. The van der Waals surface area contributed by atoms with Gasteiger partial charge in [0.25, 0.3) is 0 Å². The van der Waals surface area contributed by atoms with E-state index < -0.39 is 11.7 Å². The molecule has 0 radical (unpaired) electrons. The first kappa shape index (κ1) is 36.1. The number of nitriles is 1. The molecule has 4 rings (SSSR count). The van der Waals surface area contributed by atoms with Crippen LogP contribution >= 0.6 is 11.6 Å². The van der Waals surface area contributed by atoms with Crippen LogP contribution in [-0.2, 0) is 24.5 Å². The largest absolute Gasteiger partial charge is 0.488 e. The summed E-state index contributed by atoms with van der Waals surface area (Å²) in [7, 11) is 0. The smallest absolute Gasteiger partial charge is 0.410 e. The van der Waals surface area contributed by atoms with Crippen LogP contribution in [0.4, 0.5) is 4.79 Å². The highest BCUT2D eigenvalue weighted by Gasteiger charge is 2.48. The molecular formula is C37H47BClN3O5. The molecule has 2 aromatic carbocycles. The van der Waals surface area contributed by atoms with Gasteiger partial charge in [-0.3, -0.25) is 4.98 Å². The average molecular weight is 660 g/mol. The van der Waals surface area contributed by atoms with Crippen LogP contribution in [0.1, 0.15) is 76.3 Å². The minimum Gasteiger partial charge on any atom is -0.488 e. The number of amides is 1. The molecule has 0 spiro atoms. The van der Waals surface area contributed by atoms with E-state index in [-0.39, 0.29) is 37.1 Å². The van der Waals surface area contributed by atoms with Gasteiger partial charge in [0.05, 0.1) is 23.7 Å². The molecular weight excluding hydrogens is 613 g/mol. The molecule has 10 heteroatoms. The zero-order valence-electron chi connectivity index (χ0n) is 28.9. The Morgan fingerprint density at radius 3 is 2.36 bits per heavy atom. The number of carbonyl (C=O) groups excluding carboxylic acids is 1. The van der Waals surface area contributed by atoms with Gasteiger partial charge in [0.15, 0.2) is 6.71 Å². The van der Waals surface area contributed by atoms with Crippen LogP contribution < -0.4 is 14.9 Å². The van der Waals surface area contributed by atoms with Crippen molar-refractivity contribution in [1.82, 2.24) is 9.88 Å². The molecule has 1 N–H and O–H groups in total. The Hall–Kier alpha value is -3.74. The monoisotopic (exact) mass is 659 g/mol. The minimum absolute atomic E-state index is 0.0589. The van der Waals surface area contributed by atoms with Crippen molar-refractivity contribution < 1.29 is 24.1 Å². The number of hydrogen-bond acceptors (Lipinski definition) is 7. The van der Waals surface area contributed by atoms with E-state index in [1.807, 2.05) is 0 Å². The lowest BCUT2D eigenvalue weighted by molar-refractivity contribution is 0.0200. The van der Waals surface area contributed by atoms with Crippen LogP contribution in [0.15, 0.2) is 48.8 Å². The van der Waals surface area contributed by atoms with E-state index in [1.54, 1.807) is 45.2 Å². The summed E-state index contributed by atoms with van der Waals surface area (Å²) < 4.78 is 18.2. The van der Waals surface area contributed by atoms with Crippen LogP contribution in [0.5, 0.6) is 11.5 Å². The third kappa shape index (κ3) is 9.00. The Bertz CT molecular complexity index is 1610. The van der Waals surface area contributed by atoms with Crippen molar-refractivity contribution in [1.29, 1.82) is 5.26 Å². The average Bonchev–Trinajstić information content (AvgIpc) is 3.21. The normalized spacial score (nSPS) is 15.2. The molecule has 1 aliphatic rings. The van der Waals surface area contributed by atoms with E-state index in [9.17, 15) is 15.2 Å². The fourth-order valence-electron chi connectivity index (χ4n) is 6.16. The van der Waals surface area contributed by atoms with Gasteiger partial charge in [0.1, 0.15) is 36.4 Å². The Balaban J connectivity index is 1.61. The van der Waals surface area contributed by atoms with Crippen molar-refractivity contribution in [2.24, 2.45) is 10.8 Å². The molecule has 0 aliphatic carbocycles. The van der Waals surface area contributed by atoms with E-state index in [1.165, 1.54) is 22.1 Å². The fourth-order valence-corrected chi connectivity index (χ4v) is 6.40. The summed E-state index contributed by atoms with van der Waals surface area (Å²) in [5.74, 6) is 0.882. The fraction of sp³-hybridized carbons (Fsp3) is 0.486. The maximum atomic E-state index is 13.0. The number of hydrogen-bond donors (Lipinski definition) is 1. The van der Waals surface area contributed by atoms with Crippen LogP contribution in [0.2, 0.25) is 17.7 Å². The summed E-state index contributed by atoms with van der Waals surface area (Å²) in [6, 6.07) is 13.7. The minimum atomic E-state index is -0.710. The molecule has 1 fully saturated rings. The molecule has 0 unspecified atom stereocenters. The van der Waals surface area contributed by atoms with Crippen molar-refractivity contribution in [2.45, 2.75) is 93.4 Å². The molecule has 0 atom stereocenters. The van der Waals surface area contributed by atoms with Gasteiger partial charge >= 0.3 is 6.09 Å². The SMILES string of the molecule is Cc1c(COc2cc(OCc3cncc(C#N)c3)c(CN(CCO)C(=O)OC(C)(C)C)cc2Cl)cccc1B1CC(C)(C)C(C)(C)C1. The quantitative estimate of drug-likeness (QED) is 0.212. The summed E-state index contributed by atoms with van der Waals surface area (Å²) in [4.78, 5) is 18.5. The molecule has 1 saturated heterocycles. The number of halogens is 1. The molecule has 47 heavy (non-hydrogen) atoms. The second-order valence-corrected chi connectivity index (χ2v) is 15.2. The summed E-state index contributed by atoms with van der Waals surface area (Å²) in [5, 5.41) is 19.4. The van der Waals surface area contributed by atoms with Crippen molar-refractivity contribution in [3.63, 3.8) is 0 Å². The van der Waals surface area contributed by atoms with E-state index in [2.05, 4.69) is 63.9 Å². The third-order valence-electron chi connectivity index (χ3n) is 9.47. The number of carbonyl (C=O) groups is 1. The topological polar surface area (TPSA) is 105 Å². The second-order valence-electron chi connectivity index (χ2n) is 14.8. The second kappa shape index (κ2) is 14.6. The standard InChI is InChI=1S/C37H47BClN3O5/c1-25-28(10-9-11-30(25)38-23-36(5,6)37(7,8)24-38)22-46-33-16-32(45-21-27-14-26(17-40)18-41-19-27)29(15-31(33)39)20-42(12-13-43)34(44)47-35(2,3)4/h9-11,14-16,18-19,43H,12-13,20-24H2,1-8H3. The number of pyridine rings is 1. The highest BCUT2D eigenvalue weighted by atomic mass is 35.5. The van der Waals surface area contributed by atoms with Gasteiger partial charge in [-0.2, -0.15) is 5.26 Å². The number of rotatable bonds is 11. The van der Waals surface area contributed by atoms with Crippen LogP contribution in [0.3, 0.4) is 0 Å². The van der Waals surface area contributed by atoms with Crippen molar-refractivity contribution in [3.8, 4) is 17.6 Å². The first-order valence-electron chi connectivity index (χ1n) is 16.1. The number of aromatic nitrogens is 1. The van der Waals surface area contributed by atoms with Crippen molar-refractivity contribution >= 4 is 29.9 Å². The van der Waals surface area contributed by atoms with Gasteiger partial charge < -0.3 is 24.2 Å². The van der Waals surface area contributed by atoms with Gasteiger partial charge in [-0.1, -0.05) is 81.2 Å². The highest BCUT2D eigenvalue weighted by molar-refractivity contribution is 6.74. The molecule has 0 bridgehead atoms. The zero-order chi connectivity index (χ0) is 34.6. The lowest BCUT2D eigenvalue weighted by Gasteiger charge is -2.35. The van der Waals surface area contributed by atoms with Crippen molar-refractivity contribution in [3.05, 3.63) is 81.6 Å². The Morgan fingerprint density at radius 1 is 1.04 bits per heavy atom. The Kier molecular flexibility index (Phi) is 11.2. The summed E-state index contributed by atoms with van der Waals surface area (Å²) in [6.45, 7) is 17.8. The summed E-state index contributed by atoms with van der Waals surface area (Å²) in [5.41, 5.74) is 5.23. The molecule has 250 valence electrons. The molecule has 1 aliphatic heterocycles. The number of ether oxygens (including phenoxy) is 3. The molecule has 8 nitrogen and oxygen atoms in total. The van der Waals surface area contributed by atoms with Crippen LogP contribution in [0.25, 0.3) is 0 Å². The predicted octanol–water partition coefficient (Wildman–Crippen LogP) is 7.57. The van der Waals surface area contributed by atoms with Gasteiger partial charge in [-0.25, -0.2) is 4.79 Å². The maximum Gasteiger partial charge on any atom is 0.410 e. The van der Waals surface area contributed by atoms with Gasteiger partial charge in [0, 0.05) is 36.1 Å². The third-order valence-corrected chi connectivity index (χ3v) is 9.77. The molecule has 1 aromatic heterocycles. The van der Waals surface area contributed by atoms with E-state index in [4.69, 9.17) is 25.8 Å². The molecule has 1 amide bonds. The zero-order valence-corrected chi connectivity index (χ0v) is 29.7. The van der Waals surface area contributed by atoms with Gasteiger partial charge in [-0.05, 0) is 56.2 Å². The number of aliphatic hydroxyl groups excluding tert-OH is 1. The first-order chi connectivity index (χ1) is 22.0. The number of aliphatic hydroxyl groups is 1.